The van der Waals surface area contributed by atoms with Crippen LogP contribution < -0.4 is 0 Å². The molecule has 0 spiro atoms. The van der Waals surface area contributed by atoms with Gasteiger partial charge in [0.1, 0.15) is 5.54 Å². The van der Waals surface area contributed by atoms with Gasteiger partial charge in [0.25, 0.3) is 5.91 Å². The molecule has 1 aliphatic heterocycles. The van der Waals surface area contributed by atoms with Crippen LogP contribution >= 0.6 is 0 Å². The van der Waals surface area contributed by atoms with E-state index < -0.39 is 21.7 Å². The van der Waals surface area contributed by atoms with Crippen molar-refractivity contribution in [2.75, 3.05) is 14.1 Å². The second-order valence-corrected chi connectivity index (χ2v) is 7.60. The van der Waals surface area contributed by atoms with Crippen LogP contribution in [0.25, 0.3) is 0 Å². The van der Waals surface area contributed by atoms with E-state index in [0.29, 0.717) is 17.0 Å². The van der Waals surface area contributed by atoms with Gasteiger partial charge in [-0.1, -0.05) is 48.5 Å². The summed E-state index contributed by atoms with van der Waals surface area (Å²) in [5, 5.41) is 0. The van der Waals surface area contributed by atoms with Crippen molar-refractivity contribution in [2.24, 2.45) is 4.40 Å². The van der Waals surface area contributed by atoms with Crippen LogP contribution in [0.15, 0.2) is 65.1 Å². The summed E-state index contributed by atoms with van der Waals surface area (Å²) in [4.78, 5) is 14.7. The zero-order chi connectivity index (χ0) is 18.2. The summed E-state index contributed by atoms with van der Waals surface area (Å²) < 4.78 is 30.3. The minimum atomic E-state index is -4.15. The van der Waals surface area contributed by atoms with E-state index in [1.807, 2.05) is 18.2 Å². The van der Waals surface area contributed by atoms with Gasteiger partial charge < -0.3 is 4.90 Å². The third-order valence-electron chi connectivity index (χ3n) is 4.24. The van der Waals surface area contributed by atoms with Crippen LogP contribution in [0.2, 0.25) is 0 Å². The number of nitrogens with zero attached hydrogens (tertiary/aromatic N) is 3. The van der Waals surface area contributed by atoms with Crippen molar-refractivity contribution >= 4 is 22.0 Å². The third-order valence-corrected chi connectivity index (χ3v) is 5.63. The summed E-state index contributed by atoms with van der Waals surface area (Å²) in [6.45, 7) is 1.70. The quantitative estimate of drug-likeness (QED) is 0.827. The Morgan fingerprint density at radius 3 is 2.04 bits per heavy atom. The van der Waals surface area contributed by atoms with E-state index in [2.05, 4.69) is 4.40 Å². The molecule has 2 aromatic carbocycles. The Kier molecular flexibility index (Phi) is 4.12. The van der Waals surface area contributed by atoms with Crippen LogP contribution in [-0.2, 0) is 15.7 Å². The van der Waals surface area contributed by atoms with E-state index in [9.17, 15) is 13.2 Å². The highest BCUT2D eigenvalue weighted by Crippen LogP contribution is 2.40. The molecular weight excluding hydrogens is 338 g/mol. The molecule has 1 atom stereocenters. The normalized spacial score (nSPS) is 21.7. The van der Waals surface area contributed by atoms with E-state index in [0.717, 1.165) is 4.31 Å². The van der Waals surface area contributed by atoms with Crippen LogP contribution in [0.5, 0.6) is 0 Å². The van der Waals surface area contributed by atoms with E-state index in [-0.39, 0.29) is 0 Å². The molecule has 6 nitrogen and oxygen atoms in total. The predicted octanol–water partition coefficient (Wildman–Crippen LogP) is 2.26. The molecule has 0 N–H and O–H groups in total. The molecule has 0 bridgehead atoms. The van der Waals surface area contributed by atoms with Gasteiger partial charge >= 0.3 is 10.2 Å². The number of amidine groups is 1. The van der Waals surface area contributed by atoms with Crippen LogP contribution in [0, 0.1) is 0 Å². The minimum Gasteiger partial charge on any atom is -0.363 e. The molecule has 0 saturated carbocycles. The van der Waals surface area contributed by atoms with Gasteiger partial charge in [0.15, 0.2) is 5.84 Å². The summed E-state index contributed by atoms with van der Waals surface area (Å²) in [7, 11) is -0.726. The van der Waals surface area contributed by atoms with Crippen molar-refractivity contribution < 1.29 is 13.2 Å². The molecule has 7 heteroatoms. The summed E-state index contributed by atoms with van der Waals surface area (Å²) in [6.07, 6.45) is 0. The molecule has 130 valence electrons. The number of hydrogen-bond donors (Lipinski definition) is 0. The van der Waals surface area contributed by atoms with E-state index >= 15 is 0 Å². The Hall–Kier alpha value is -2.67. The first kappa shape index (κ1) is 17.2. The highest BCUT2D eigenvalue weighted by atomic mass is 32.2. The van der Waals surface area contributed by atoms with E-state index in [1.165, 1.54) is 0 Å². The second kappa shape index (κ2) is 6.00. The molecule has 0 aromatic heterocycles. The summed E-state index contributed by atoms with van der Waals surface area (Å²) in [5.41, 5.74) is -0.257. The number of rotatable bonds is 2. The molecule has 0 saturated heterocycles. The first-order valence-electron chi connectivity index (χ1n) is 7.76. The number of likely N-dealkylation sites (N-methyl/N-ethyl adjacent to an activating group) is 1. The number of benzene rings is 2. The molecule has 1 amide bonds. The largest absolute Gasteiger partial charge is 0.363 e. The Bertz CT molecular complexity index is 925. The van der Waals surface area contributed by atoms with E-state index in [4.69, 9.17) is 0 Å². The van der Waals surface area contributed by atoms with Crippen LogP contribution in [0.3, 0.4) is 0 Å². The first-order chi connectivity index (χ1) is 11.8. The molecule has 25 heavy (non-hydrogen) atoms. The SMILES string of the molecule is CN(C)C1=NS(=O)(=O)N(C(=O)c2ccccc2)C1(C)c1ccccc1. The summed E-state index contributed by atoms with van der Waals surface area (Å²) >= 11 is 0. The maximum Gasteiger partial charge on any atom is 0.350 e. The molecule has 1 aliphatic rings. The van der Waals surface area contributed by atoms with Crippen LogP contribution in [-0.4, -0.2) is 43.5 Å². The Labute approximate surface area is 147 Å². The fourth-order valence-electron chi connectivity index (χ4n) is 3.09. The molecule has 2 aromatic rings. The molecule has 1 unspecified atom stereocenters. The Morgan fingerprint density at radius 2 is 1.52 bits per heavy atom. The number of hydrogen-bond acceptors (Lipinski definition) is 4. The van der Waals surface area contributed by atoms with Gasteiger partial charge in [0, 0.05) is 19.7 Å². The van der Waals surface area contributed by atoms with Crippen LogP contribution in [0.1, 0.15) is 22.8 Å². The highest BCUT2D eigenvalue weighted by molar-refractivity contribution is 7.89. The zero-order valence-electron chi connectivity index (χ0n) is 14.2. The topological polar surface area (TPSA) is 70.1 Å². The molecule has 3 rings (SSSR count). The molecule has 1 heterocycles. The molecule has 0 aliphatic carbocycles. The summed E-state index contributed by atoms with van der Waals surface area (Å²) in [5.74, 6) is -0.310. The zero-order valence-corrected chi connectivity index (χ0v) is 15.1. The summed E-state index contributed by atoms with van der Waals surface area (Å²) in [6, 6.07) is 17.4. The predicted molar refractivity (Wildman–Crippen MR) is 96.4 cm³/mol. The van der Waals surface area contributed by atoms with Crippen LogP contribution in [0.4, 0.5) is 0 Å². The van der Waals surface area contributed by atoms with Gasteiger partial charge in [-0.3, -0.25) is 4.79 Å². The third kappa shape index (κ3) is 2.70. The number of carbonyl (C=O) groups excluding carboxylic acids is 1. The van der Waals surface area contributed by atoms with Crippen molar-refractivity contribution in [2.45, 2.75) is 12.5 Å². The maximum atomic E-state index is 13.1. The first-order valence-corrected chi connectivity index (χ1v) is 9.16. The monoisotopic (exact) mass is 357 g/mol. The van der Waals surface area contributed by atoms with E-state index in [1.54, 1.807) is 68.4 Å². The number of carbonyl (C=O) groups is 1. The molecule has 0 radical (unpaired) electrons. The average Bonchev–Trinajstić information content (AvgIpc) is 2.83. The van der Waals surface area contributed by atoms with Gasteiger partial charge in [-0.2, -0.15) is 12.7 Å². The van der Waals surface area contributed by atoms with Gasteiger partial charge in [-0.15, -0.1) is 4.40 Å². The lowest BCUT2D eigenvalue weighted by molar-refractivity contribution is 0.0795. The van der Waals surface area contributed by atoms with Crippen molar-refractivity contribution in [3.8, 4) is 0 Å². The van der Waals surface area contributed by atoms with Crippen molar-refractivity contribution in [1.82, 2.24) is 9.21 Å². The molecular formula is C18H19N3O3S. The fourth-order valence-corrected chi connectivity index (χ4v) is 4.70. The molecule has 0 fully saturated rings. The lowest BCUT2D eigenvalue weighted by Gasteiger charge is -2.36. The van der Waals surface area contributed by atoms with Gasteiger partial charge in [-0.25, -0.2) is 0 Å². The Balaban J connectivity index is 2.23. The second-order valence-electron chi connectivity index (χ2n) is 6.16. The van der Waals surface area contributed by atoms with Gasteiger partial charge in [-0.05, 0) is 24.6 Å². The maximum absolute atomic E-state index is 13.1. The number of amides is 1. The average molecular weight is 357 g/mol. The minimum absolute atomic E-state index is 0.294. The highest BCUT2D eigenvalue weighted by Gasteiger charge is 2.54. The fraction of sp³-hybridized carbons (Fsp3) is 0.222. The lowest BCUT2D eigenvalue weighted by Crippen LogP contribution is -2.53. The smallest absolute Gasteiger partial charge is 0.350 e. The van der Waals surface area contributed by atoms with Crippen molar-refractivity contribution in [3.05, 3.63) is 71.8 Å². The Morgan fingerprint density at radius 1 is 1.00 bits per heavy atom. The van der Waals surface area contributed by atoms with Crippen molar-refractivity contribution in [1.29, 1.82) is 0 Å². The van der Waals surface area contributed by atoms with Gasteiger partial charge in [0.05, 0.1) is 0 Å². The van der Waals surface area contributed by atoms with Gasteiger partial charge in [0.2, 0.25) is 0 Å². The lowest BCUT2D eigenvalue weighted by atomic mass is 9.89. The standard InChI is InChI=1S/C18H19N3O3S/c1-18(15-12-8-5-9-13-15)17(20(2)3)19-25(23,24)21(18)16(22)14-10-6-4-7-11-14/h4-13H,1-3H3. The van der Waals surface area contributed by atoms with Crippen molar-refractivity contribution in [3.63, 3.8) is 0 Å².